The Morgan fingerprint density at radius 1 is 1.26 bits per heavy atom. The third-order valence-corrected chi connectivity index (χ3v) is 9.00. The second-order valence-electron chi connectivity index (χ2n) is 10.4. The topological polar surface area (TPSA) is 67.1 Å². The number of ether oxygens (including phenoxy) is 1. The van der Waals surface area contributed by atoms with E-state index in [0.29, 0.717) is 31.8 Å². The molecule has 188 valence electrons. The molecule has 10 heteroatoms. The van der Waals surface area contributed by atoms with Crippen LogP contribution in [0.3, 0.4) is 0 Å². The normalized spacial score (nSPS) is 32.2. The van der Waals surface area contributed by atoms with Crippen molar-refractivity contribution in [1.82, 2.24) is 10.2 Å². The van der Waals surface area contributed by atoms with Crippen molar-refractivity contribution < 1.29 is 27.1 Å². The molecule has 6 nitrogen and oxygen atoms in total. The zero-order valence-corrected chi connectivity index (χ0v) is 20.4. The Morgan fingerprint density at radius 3 is 2.68 bits per heavy atom. The van der Waals surface area contributed by atoms with Gasteiger partial charge in [0.2, 0.25) is 5.76 Å². The first-order chi connectivity index (χ1) is 16.1. The maximum Gasteiger partial charge on any atom is 0.450 e. The molecule has 5 rings (SSSR count). The Hall–Kier alpha value is -1.68. The molecule has 1 unspecified atom stereocenters. The molecule has 3 fully saturated rings. The Morgan fingerprint density at radius 2 is 2.03 bits per heavy atom. The third-order valence-electron chi connectivity index (χ3n) is 7.84. The van der Waals surface area contributed by atoms with E-state index in [1.165, 1.54) is 43.6 Å². The maximum absolute atomic E-state index is 13.3. The summed E-state index contributed by atoms with van der Waals surface area (Å²) in [7, 11) is 0. The van der Waals surface area contributed by atoms with Crippen LogP contribution in [0.1, 0.15) is 73.7 Å². The molecule has 34 heavy (non-hydrogen) atoms. The molecule has 1 N–H and O–H groups in total. The van der Waals surface area contributed by atoms with Crippen molar-refractivity contribution in [2.75, 3.05) is 19.8 Å². The zero-order chi connectivity index (χ0) is 24.1. The number of likely N-dealkylation sites (tertiary alicyclic amines) is 1. The summed E-state index contributed by atoms with van der Waals surface area (Å²) in [6.07, 6.45) is 2.84. The Balaban J connectivity index is 1.14. The van der Waals surface area contributed by atoms with Gasteiger partial charge in [0, 0.05) is 19.1 Å². The van der Waals surface area contributed by atoms with Crippen LogP contribution in [0.5, 0.6) is 0 Å². The van der Waals surface area contributed by atoms with Gasteiger partial charge in [0.25, 0.3) is 5.91 Å². The summed E-state index contributed by atoms with van der Waals surface area (Å²) in [5.74, 6) is 0.234. The fourth-order valence-corrected chi connectivity index (χ4v) is 7.34. The van der Waals surface area contributed by atoms with Gasteiger partial charge in [0.05, 0.1) is 5.56 Å². The van der Waals surface area contributed by atoms with Crippen molar-refractivity contribution in [3.05, 3.63) is 23.2 Å². The predicted octanol–water partition coefficient (Wildman–Crippen LogP) is 5.42. The first-order valence-electron chi connectivity index (χ1n) is 12.2. The van der Waals surface area contributed by atoms with E-state index in [4.69, 9.17) is 9.15 Å². The third kappa shape index (κ3) is 4.98. The molecule has 2 aliphatic carbocycles. The van der Waals surface area contributed by atoms with Crippen molar-refractivity contribution in [2.24, 2.45) is 22.7 Å². The minimum atomic E-state index is -4.69. The van der Waals surface area contributed by atoms with E-state index in [9.17, 15) is 18.0 Å². The molecule has 2 bridgehead atoms. The van der Waals surface area contributed by atoms with Crippen molar-refractivity contribution in [3.8, 4) is 0 Å². The molecule has 4 atom stereocenters. The Labute approximate surface area is 202 Å². The minimum Gasteiger partial charge on any atom is -0.456 e. The van der Waals surface area contributed by atoms with Crippen LogP contribution >= 0.6 is 11.8 Å². The fraction of sp³-hybridized carbons (Fsp3) is 0.750. The van der Waals surface area contributed by atoms with Crippen LogP contribution < -0.4 is 5.32 Å². The molecule has 0 aromatic carbocycles. The van der Waals surface area contributed by atoms with Gasteiger partial charge in [-0.25, -0.2) is 4.99 Å². The van der Waals surface area contributed by atoms with Crippen LogP contribution in [0, 0.1) is 24.7 Å². The molecule has 0 spiro atoms. The van der Waals surface area contributed by atoms with Gasteiger partial charge in [-0.05, 0) is 76.2 Å². The van der Waals surface area contributed by atoms with Crippen molar-refractivity contribution in [2.45, 2.75) is 75.9 Å². The number of carbonyl (C=O) groups excluding carboxylic acids is 1. The highest BCUT2D eigenvalue weighted by Gasteiger charge is 2.43. The fourth-order valence-electron chi connectivity index (χ4n) is 6.17. The second-order valence-corrected chi connectivity index (χ2v) is 11.9. The number of halogens is 3. The zero-order valence-electron chi connectivity index (χ0n) is 19.6. The number of aryl methyl sites for hydroxylation is 1. The Bertz CT molecular complexity index is 957. The lowest BCUT2D eigenvalue weighted by molar-refractivity contribution is -0.153. The molecule has 3 heterocycles. The number of carbonyl (C=O) groups is 1. The second kappa shape index (κ2) is 9.08. The van der Waals surface area contributed by atoms with Gasteiger partial charge < -0.3 is 19.4 Å². The Kier molecular flexibility index (Phi) is 6.42. The number of nitrogens with zero attached hydrogens (tertiary/aromatic N) is 2. The van der Waals surface area contributed by atoms with Gasteiger partial charge in [-0.2, -0.15) is 13.2 Å². The standard InChI is InChI=1S/C24H32F3N3O3S/c1-14-9-18(20(33-14)24(25,26)27)21(31)30-7-5-15(6-8-30)12-23(2)32-13-28-22(34-23)29-19-11-16-3-4-17(19)10-16/h9,15-17,19H,3-8,10-13H2,1-2H3,(H,28,29)/t16-,17+,19+,23?/m1/s1. The smallest absolute Gasteiger partial charge is 0.450 e. The highest BCUT2D eigenvalue weighted by molar-refractivity contribution is 8.14. The van der Waals surface area contributed by atoms with E-state index >= 15 is 0 Å². The largest absolute Gasteiger partial charge is 0.456 e. The number of aliphatic imine (C=N–C) groups is 1. The van der Waals surface area contributed by atoms with E-state index < -0.39 is 28.3 Å². The summed E-state index contributed by atoms with van der Waals surface area (Å²) in [6.45, 7) is 4.71. The van der Waals surface area contributed by atoms with Gasteiger partial charge in [-0.1, -0.05) is 18.2 Å². The lowest BCUT2D eigenvalue weighted by Gasteiger charge is -2.39. The summed E-state index contributed by atoms with van der Waals surface area (Å²) in [6, 6.07) is 1.71. The quantitative estimate of drug-likeness (QED) is 0.599. The average Bonchev–Trinajstić information content (AvgIpc) is 3.49. The number of rotatable bonds is 4. The molecule has 2 aliphatic heterocycles. The van der Waals surface area contributed by atoms with Crippen molar-refractivity contribution in [1.29, 1.82) is 0 Å². The minimum absolute atomic E-state index is 0.0847. The number of hydrogen-bond acceptors (Lipinski definition) is 6. The number of amidine groups is 1. The maximum atomic E-state index is 13.3. The SMILES string of the molecule is Cc1cc(C(=O)N2CCC(CC3(C)OCN=C(N[C@H]4C[C@@H]5CC[C@H]4C5)S3)CC2)c(C(F)(F)F)o1. The summed E-state index contributed by atoms with van der Waals surface area (Å²) in [4.78, 5) is 18.5. The molecule has 1 amide bonds. The van der Waals surface area contributed by atoms with E-state index in [-0.39, 0.29) is 5.76 Å². The summed E-state index contributed by atoms with van der Waals surface area (Å²) in [5, 5.41) is 4.65. The number of piperidine rings is 1. The van der Waals surface area contributed by atoms with Gasteiger partial charge in [-0.15, -0.1) is 0 Å². The van der Waals surface area contributed by atoms with E-state index in [2.05, 4.69) is 17.2 Å². The summed E-state index contributed by atoms with van der Waals surface area (Å²) in [5.41, 5.74) is -0.394. The van der Waals surface area contributed by atoms with E-state index in [0.717, 1.165) is 36.3 Å². The van der Waals surface area contributed by atoms with Crippen LogP contribution in [-0.2, 0) is 10.9 Å². The highest BCUT2D eigenvalue weighted by atomic mass is 32.2. The van der Waals surface area contributed by atoms with E-state index in [1.54, 1.807) is 11.8 Å². The van der Waals surface area contributed by atoms with Gasteiger partial charge in [-0.3, -0.25) is 4.79 Å². The first-order valence-corrected chi connectivity index (χ1v) is 13.0. The number of fused-ring (bicyclic) bond motifs is 2. The number of hydrogen-bond donors (Lipinski definition) is 1. The van der Waals surface area contributed by atoms with Crippen molar-refractivity contribution >= 4 is 22.8 Å². The number of alkyl halides is 3. The lowest BCUT2D eigenvalue weighted by Crippen LogP contribution is -2.44. The first kappa shape index (κ1) is 24.0. The summed E-state index contributed by atoms with van der Waals surface area (Å²) >= 11 is 1.65. The van der Waals surface area contributed by atoms with Gasteiger partial charge >= 0.3 is 6.18 Å². The number of thioether (sulfide) groups is 1. The predicted molar refractivity (Wildman–Crippen MR) is 123 cm³/mol. The monoisotopic (exact) mass is 499 g/mol. The van der Waals surface area contributed by atoms with Crippen LogP contribution in [0.2, 0.25) is 0 Å². The molecule has 4 aliphatic rings. The number of amides is 1. The number of furan rings is 1. The van der Waals surface area contributed by atoms with Crippen LogP contribution in [0.25, 0.3) is 0 Å². The summed E-state index contributed by atoms with van der Waals surface area (Å²) < 4.78 is 50.6. The lowest BCUT2D eigenvalue weighted by atomic mass is 9.91. The molecule has 0 radical (unpaired) electrons. The molecular weight excluding hydrogens is 467 g/mol. The van der Waals surface area contributed by atoms with Gasteiger partial charge in [0.1, 0.15) is 17.4 Å². The van der Waals surface area contributed by atoms with Gasteiger partial charge in [0.15, 0.2) is 5.17 Å². The molecule has 1 aromatic heterocycles. The molecular formula is C24H32F3N3O3S. The average molecular weight is 500 g/mol. The molecule has 2 saturated carbocycles. The molecule has 1 aromatic rings. The van der Waals surface area contributed by atoms with Crippen LogP contribution in [0.4, 0.5) is 13.2 Å². The molecule has 1 saturated heterocycles. The van der Waals surface area contributed by atoms with Crippen molar-refractivity contribution in [3.63, 3.8) is 0 Å². The van der Waals surface area contributed by atoms with E-state index in [1.807, 2.05) is 0 Å². The van der Waals surface area contributed by atoms with Crippen LogP contribution in [-0.4, -0.2) is 46.8 Å². The highest BCUT2D eigenvalue weighted by Crippen LogP contribution is 2.46. The number of nitrogens with one attached hydrogen (secondary N) is 1. The van der Waals surface area contributed by atoms with Crippen LogP contribution in [0.15, 0.2) is 15.5 Å².